The fourth-order valence-electron chi connectivity index (χ4n) is 5.94. The minimum Gasteiger partial charge on any atom is -0.323 e. The van der Waals surface area contributed by atoms with Crippen LogP contribution in [0, 0.1) is 23.2 Å². The topological polar surface area (TPSA) is 46.9 Å². The van der Waals surface area contributed by atoms with Gasteiger partial charge in [0.2, 0.25) is 5.91 Å². The van der Waals surface area contributed by atoms with Gasteiger partial charge in [0.15, 0.2) is 0 Å². The number of aromatic nitrogens is 2. The van der Waals surface area contributed by atoms with Crippen molar-refractivity contribution < 1.29 is 4.79 Å². The quantitative estimate of drug-likeness (QED) is 0.915. The molecule has 4 aliphatic carbocycles. The van der Waals surface area contributed by atoms with Crippen LogP contribution in [0.3, 0.4) is 0 Å². The van der Waals surface area contributed by atoms with E-state index in [0.717, 1.165) is 49.2 Å². The standard InChI is InChI=1S/C21H25N3O/c25-20(21-9-16-6-17(10-21)8-18(7-16)11-21)23-19-12-22-24(14-19)13-15-4-2-1-3-5-15/h1-5,12,14,16-18H,6-11,13H2,(H,23,25). The maximum absolute atomic E-state index is 13.1. The highest BCUT2D eigenvalue weighted by molar-refractivity contribution is 5.95. The number of amides is 1. The molecule has 0 radical (unpaired) electrons. The Bertz CT molecular complexity index is 744. The van der Waals surface area contributed by atoms with Crippen molar-refractivity contribution in [2.75, 3.05) is 5.32 Å². The lowest BCUT2D eigenvalue weighted by molar-refractivity contribution is -0.140. The van der Waals surface area contributed by atoms with E-state index in [1.165, 1.54) is 24.8 Å². The second-order valence-electron chi connectivity index (χ2n) is 8.56. The normalized spacial score (nSPS) is 32.7. The number of nitrogens with zero attached hydrogens (tertiary/aromatic N) is 2. The van der Waals surface area contributed by atoms with E-state index in [1.807, 2.05) is 29.1 Å². The first-order chi connectivity index (χ1) is 12.2. The zero-order valence-electron chi connectivity index (χ0n) is 14.5. The van der Waals surface area contributed by atoms with Crippen LogP contribution in [0.4, 0.5) is 5.69 Å². The van der Waals surface area contributed by atoms with E-state index in [4.69, 9.17) is 0 Å². The Morgan fingerprint density at radius 3 is 2.36 bits per heavy atom. The average molecular weight is 335 g/mol. The van der Waals surface area contributed by atoms with Crippen LogP contribution in [-0.2, 0) is 11.3 Å². The first-order valence-corrected chi connectivity index (χ1v) is 9.56. The summed E-state index contributed by atoms with van der Waals surface area (Å²) in [6, 6.07) is 10.3. The fraction of sp³-hybridized carbons (Fsp3) is 0.524. The molecule has 1 aromatic heterocycles. The Morgan fingerprint density at radius 2 is 1.72 bits per heavy atom. The summed E-state index contributed by atoms with van der Waals surface area (Å²) in [6.07, 6.45) is 11.1. The highest BCUT2D eigenvalue weighted by Crippen LogP contribution is 2.60. The predicted molar refractivity (Wildman–Crippen MR) is 97.0 cm³/mol. The maximum Gasteiger partial charge on any atom is 0.230 e. The van der Waals surface area contributed by atoms with E-state index in [0.29, 0.717) is 0 Å². The van der Waals surface area contributed by atoms with E-state index in [-0.39, 0.29) is 11.3 Å². The third-order valence-electron chi connectivity index (χ3n) is 6.60. The third kappa shape index (κ3) is 2.78. The van der Waals surface area contributed by atoms with E-state index < -0.39 is 0 Å². The summed E-state index contributed by atoms with van der Waals surface area (Å²) < 4.78 is 1.89. The molecule has 1 N–H and O–H groups in total. The summed E-state index contributed by atoms with van der Waals surface area (Å²) in [5.41, 5.74) is 1.94. The van der Waals surface area contributed by atoms with Gasteiger partial charge in [0.05, 0.1) is 23.8 Å². The lowest BCUT2D eigenvalue weighted by atomic mass is 9.49. The van der Waals surface area contributed by atoms with Crippen LogP contribution in [0.15, 0.2) is 42.7 Å². The molecule has 4 fully saturated rings. The Balaban J connectivity index is 1.29. The van der Waals surface area contributed by atoms with Gasteiger partial charge in [-0.3, -0.25) is 9.48 Å². The Kier molecular flexibility index (Phi) is 3.47. The van der Waals surface area contributed by atoms with Gasteiger partial charge in [0.1, 0.15) is 0 Å². The summed E-state index contributed by atoms with van der Waals surface area (Å²) in [6.45, 7) is 0.730. The van der Waals surface area contributed by atoms with Crippen LogP contribution in [0.5, 0.6) is 0 Å². The first kappa shape index (κ1) is 15.2. The molecular weight excluding hydrogens is 310 g/mol. The molecule has 0 atom stereocenters. The molecule has 2 aromatic rings. The maximum atomic E-state index is 13.1. The van der Waals surface area contributed by atoms with Gasteiger partial charge in [-0.15, -0.1) is 0 Å². The van der Waals surface area contributed by atoms with Crippen LogP contribution in [0.25, 0.3) is 0 Å². The molecule has 1 amide bonds. The Labute approximate surface area is 148 Å². The average Bonchev–Trinajstić information content (AvgIpc) is 3.01. The summed E-state index contributed by atoms with van der Waals surface area (Å²) in [4.78, 5) is 13.1. The van der Waals surface area contributed by atoms with E-state index in [9.17, 15) is 4.79 Å². The predicted octanol–water partition coefficient (Wildman–Crippen LogP) is 4.09. The summed E-state index contributed by atoms with van der Waals surface area (Å²) >= 11 is 0. The summed E-state index contributed by atoms with van der Waals surface area (Å²) in [5, 5.41) is 7.60. The molecule has 25 heavy (non-hydrogen) atoms. The van der Waals surface area contributed by atoms with Crippen molar-refractivity contribution in [2.24, 2.45) is 23.2 Å². The molecule has 4 saturated carbocycles. The molecule has 4 heteroatoms. The zero-order chi connectivity index (χ0) is 16.9. The van der Waals surface area contributed by atoms with Crippen LogP contribution in [-0.4, -0.2) is 15.7 Å². The van der Waals surface area contributed by atoms with Crippen LogP contribution in [0.1, 0.15) is 44.1 Å². The highest BCUT2D eigenvalue weighted by atomic mass is 16.2. The number of carbonyl (C=O) groups excluding carboxylic acids is 1. The van der Waals surface area contributed by atoms with Crippen molar-refractivity contribution in [3.8, 4) is 0 Å². The largest absolute Gasteiger partial charge is 0.323 e. The van der Waals surface area contributed by atoms with Gasteiger partial charge >= 0.3 is 0 Å². The molecule has 0 unspecified atom stereocenters. The van der Waals surface area contributed by atoms with E-state index >= 15 is 0 Å². The van der Waals surface area contributed by atoms with E-state index in [2.05, 4.69) is 22.5 Å². The van der Waals surface area contributed by atoms with Crippen molar-refractivity contribution in [2.45, 2.75) is 45.1 Å². The SMILES string of the molecule is O=C(Nc1cnn(Cc2ccccc2)c1)C12CC3CC(CC(C3)C1)C2. The number of benzene rings is 1. The van der Waals surface area contributed by atoms with Gasteiger partial charge in [-0.1, -0.05) is 30.3 Å². The molecule has 0 aliphatic heterocycles. The van der Waals surface area contributed by atoms with Crippen LogP contribution < -0.4 is 5.32 Å². The molecule has 4 nitrogen and oxygen atoms in total. The van der Waals surface area contributed by atoms with Gasteiger partial charge in [-0.05, 0) is 61.8 Å². The third-order valence-corrected chi connectivity index (χ3v) is 6.60. The minimum absolute atomic E-state index is 0.101. The van der Waals surface area contributed by atoms with Gasteiger partial charge in [-0.2, -0.15) is 5.10 Å². The van der Waals surface area contributed by atoms with Gasteiger partial charge < -0.3 is 5.32 Å². The van der Waals surface area contributed by atoms with Crippen LogP contribution >= 0.6 is 0 Å². The number of hydrogen-bond acceptors (Lipinski definition) is 2. The van der Waals surface area contributed by atoms with Crippen molar-refractivity contribution >= 4 is 11.6 Å². The van der Waals surface area contributed by atoms with Crippen molar-refractivity contribution in [3.05, 3.63) is 48.3 Å². The van der Waals surface area contributed by atoms with E-state index in [1.54, 1.807) is 6.20 Å². The van der Waals surface area contributed by atoms with Crippen LogP contribution in [0.2, 0.25) is 0 Å². The molecule has 4 bridgehead atoms. The molecule has 0 saturated heterocycles. The number of nitrogens with one attached hydrogen (secondary N) is 1. The first-order valence-electron chi connectivity index (χ1n) is 9.56. The molecular formula is C21H25N3O. The molecule has 6 rings (SSSR count). The monoisotopic (exact) mass is 335 g/mol. The molecule has 130 valence electrons. The number of anilines is 1. The smallest absolute Gasteiger partial charge is 0.230 e. The lowest BCUT2D eigenvalue weighted by Gasteiger charge is -2.55. The lowest BCUT2D eigenvalue weighted by Crippen LogP contribution is -2.51. The Morgan fingerprint density at radius 1 is 1.08 bits per heavy atom. The minimum atomic E-state index is -0.101. The number of carbonyl (C=O) groups is 1. The zero-order valence-corrected chi connectivity index (χ0v) is 14.5. The molecule has 1 heterocycles. The fourth-order valence-corrected chi connectivity index (χ4v) is 5.94. The second-order valence-corrected chi connectivity index (χ2v) is 8.56. The molecule has 4 aliphatic rings. The Hall–Kier alpha value is -2.10. The van der Waals surface area contributed by atoms with Gasteiger partial charge in [-0.25, -0.2) is 0 Å². The second kappa shape index (κ2) is 5.72. The van der Waals surface area contributed by atoms with Gasteiger partial charge in [0, 0.05) is 6.20 Å². The van der Waals surface area contributed by atoms with Crippen molar-refractivity contribution in [1.82, 2.24) is 9.78 Å². The molecule has 1 aromatic carbocycles. The van der Waals surface area contributed by atoms with Gasteiger partial charge in [0.25, 0.3) is 0 Å². The highest BCUT2D eigenvalue weighted by Gasteiger charge is 2.54. The number of hydrogen-bond donors (Lipinski definition) is 1. The molecule has 0 spiro atoms. The summed E-state index contributed by atoms with van der Waals surface area (Å²) in [5.74, 6) is 2.61. The number of rotatable bonds is 4. The van der Waals surface area contributed by atoms with Crippen molar-refractivity contribution in [3.63, 3.8) is 0 Å². The van der Waals surface area contributed by atoms with Crippen molar-refractivity contribution in [1.29, 1.82) is 0 Å². The summed E-state index contributed by atoms with van der Waals surface area (Å²) in [7, 11) is 0.